The molecule has 0 unspecified atom stereocenters. The molecule has 2 aliphatic rings. The molecular formula is C23H14BF6NO4. The molecule has 1 atom stereocenters. The van der Waals surface area contributed by atoms with Crippen molar-refractivity contribution in [2.75, 3.05) is 5.32 Å². The molecule has 3 aromatic carbocycles. The summed E-state index contributed by atoms with van der Waals surface area (Å²) in [6.45, 7) is 0.00977. The fraction of sp³-hybridized carbons (Fsp3) is 0.174. The molecule has 180 valence electrons. The summed E-state index contributed by atoms with van der Waals surface area (Å²) in [5.41, 5.74) is -1.97. The fourth-order valence-corrected chi connectivity index (χ4v) is 4.68. The molecule has 12 heteroatoms. The van der Waals surface area contributed by atoms with Gasteiger partial charge in [-0.3, -0.25) is 4.79 Å². The molecule has 0 bridgehead atoms. The minimum atomic E-state index is -4.95. The molecule has 35 heavy (non-hydrogen) atoms. The number of carbonyl (C=O) groups excluding carboxylic acids is 1. The van der Waals surface area contributed by atoms with E-state index >= 15 is 0 Å². The lowest BCUT2D eigenvalue weighted by Crippen LogP contribution is -2.38. The largest absolute Gasteiger partial charge is 0.573 e. The van der Waals surface area contributed by atoms with Crippen LogP contribution in [0.2, 0.25) is 0 Å². The van der Waals surface area contributed by atoms with Gasteiger partial charge in [0, 0.05) is 5.56 Å². The van der Waals surface area contributed by atoms with Gasteiger partial charge in [-0.25, -0.2) is 0 Å². The van der Waals surface area contributed by atoms with Crippen LogP contribution in [0.4, 0.5) is 32.0 Å². The van der Waals surface area contributed by atoms with E-state index in [1.807, 2.05) is 0 Å². The molecule has 0 saturated carbocycles. The van der Waals surface area contributed by atoms with Gasteiger partial charge in [-0.1, -0.05) is 42.5 Å². The summed E-state index contributed by atoms with van der Waals surface area (Å²) in [6.07, 6.45) is -9.71. The first-order valence-electron chi connectivity index (χ1n) is 10.2. The molecule has 2 aliphatic heterocycles. The van der Waals surface area contributed by atoms with Crippen LogP contribution in [0.1, 0.15) is 27.8 Å². The molecule has 5 nitrogen and oxygen atoms in total. The van der Waals surface area contributed by atoms with Gasteiger partial charge in [0.15, 0.2) is 0 Å². The lowest BCUT2D eigenvalue weighted by molar-refractivity contribution is -0.274. The third-order valence-corrected chi connectivity index (χ3v) is 6.11. The highest BCUT2D eigenvalue weighted by Crippen LogP contribution is 2.51. The standard InChI is InChI=1S/C23H14BF6NO4/c25-22(26,27)17-3-1-2-16-19(17)31-20(32)21(16,13-4-7-15(8-5-13)35-23(28,29)30)14-6-9-18-12(10-14)11-34-24(18)33/h1-10,33H,11H2,(H,31,32)/t21-/m1/s1. The molecule has 5 rings (SSSR count). The Bertz CT molecular complexity index is 1330. The summed E-state index contributed by atoms with van der Waals surface area (Å²) in [5, 5.41) is 12.3. The van der Waals surface area contributed by atoms with Gasteiger partial charge in [0.05, 0.1) is 17.9 Å². The molecule has 0 spiro atoms. The summed E-state index contributed by atoms with van der Waals surface area (Å²) in [7, 11) is -1.18. The van der Waals surface area contributed by atoms with Crippen LogP contribution < -0.4 is 15.5 Å². The second kappa shape index (κ2) is 7.75. The normalized spacial score (nSPS) is 19.4. The van der Waals surface area contributed by atoms with E-state index in [1.54, 1.807) is 6.07 Å². The Kier molecular flexibility index (Phi) is 5.15. The van der Waals surface area contributed by atoms with Gasteiger partial charge >= 0.3 is 19.7 Å². The summed E-state index contributed by atoms with van der Waals surface area (Å²) >= 11 is 0. The number of para-hydroxylation sites is 1. The van der Waals surface area contributed by atoms with Crippen molar-refractivity contribution < 1.29 is 45.6 Å². The zero-order valence-corrected chi connectivity index (χ0v) is 17.5. The number of benzene rings is 3. The van der Waals surface area contributed by atoms with Crippen LogP contribution in [0, 0.1) is 0 Å². The van der Waals surface area contributed by atoms with Crippen molar-refractivity contribution in [2.24, 2.45) is 0 Å². The lowest BCUT2D eigenvalue weighted by Gasteiger charge is -2.30. The molecule has 0 aromatic heterocycles. The SMILES string of the molecule is O=C1Nc2c(C(F)(F)F)cccc2[C@@]1(c1ccc(OC(F)(F)F)cc1)c1ccc2c(c1)COB2O. The summed E-state index contributed by atoms with van der Waals surface area (Å²) < 4.78 is 88.2. The van der Waals surface area contributed by atoms with Crippen molar-refractivity contribution in [3.05, 3.63) is 88.5 Å². The van der Waals surface area contributed by atoms with E-state index < -0.39 is 48.0 Å². The highest BCUT2D eigenvalue weighted by Gasteiger charge is 2.53. The summed E-state index contributed by atoms with van der Waals surface area (Å²) in [4.78, 5) is 13.5. The zero-order valence-electron chi connectivity index (χ0n) is 17.5. The van der Waals surface area contributed by atoms with Crippen molar-refractivity contribution in [1.82, 2.24) is 0 Å². The zero-order chi connectivity index (χ0) is 25.2. The third-order valence-electron chi connectivity index (χ3n) is 6.11. The number of hydrogen-bond donors (Lipinski definition) is 2. The highest BCUT2D eigenvalue weighted by atomic mass is 19.4. The monoisotopic (exact) mass is 493 g/mol. The fourth-order valence-electron chi connectivity index (χ4n) is 4.68. The van der Waals surface area contributed by atoms with Crippen molar-refractivity contribution in [2.45, 2.75) is 24.6 Å². The number of alkyl halides is 6. The van der Waals surface area contributed by atoms with Crippen molar-refractivity contribution in [3.8, 4) is 5.75 Å². The highest BCUT2D eigenvalue weighted by molar-refractivity contribution is 6.61. The molecule has 0 fully saturated rings. The Morgan fingerprint density at radius 1 is 0.971 bits per heavy atom. The molecular weight excluding hydrogens is 479 g/mol. The predicted octanol–water partition coefficient (Wildman–Crippen LogP) is 4.11. The van der Waals surface area contributed by atoms with Crippen LogP contribution >= 0.6 is 0 Å². The average Bonchev–Trinajstić information content (AvgIpc) is 3.29. The number of rotatable bonds is 3. The van der Waals surface area contributed by atoms with Gasteiger partial charge in [0.25, 0.3) is 0 Å². The number of carbonyl (C=O) groups is 1. The number of hydrogen-bond acceptors (Lipinski definition) is 4. The van der Waals surface area contributed by atoms with E-state index in [2.05, 4.69) is 10.1 Å². The first kappa shape index (κ1) is 23.2. The van der Waals surface area contributed by atoms with Crippen LogP contribution in [-0.2, 0) is 27.6 Å². The quantitative estimate of drug-likeness (QED) is 0.426. The Hall–Kier alpha value is -3.51. The second-order valence-electron chi connectivity index (χ2n) is 8.08. The third kappa shape index (κ3) is 3.73. The molecule has 0 saturated heterocycles. The van der Waals surface area contributed by atoms with E-state index in [0.29, 0.717) is 11.0 Å². The van der Waals surface area contributed by atoms with Gasteiger partial charge < -0.3 is 19.7 Å². The first-order valence-corrected chi connectivity index (χ1v) is 10.2. The molecule has 1 amide bonds. The van der Waals surface area contributed by atoms with Crippen molar-refractivity contribution in [3.63, 3.8) is 0 Å². The Morgan fingerprint density at radius 2 is 1.66 bits per heavy atom. The number of nitrogens with one attached hydrogen (secondary N) is 1. The summed E-state index contributed by atoms with van der Waals surface area (Å²) in [6, 6.07) is 12.3. The van der Waals surface area contributed by atoms with Crippen LogP contribution in [-0.4, -0.2) is 24.4 Å². The van der Waals surface area contributed by atoms with Gasteiger partial charge in [-0.2, -0.15) is 13.2 Å². The number of anilines is 1. The van der Waals surface area contributed by atoms with Crippen molar-refractivity contribution >= 4 is 24.2 Å². The average molecular weight is 493 g/mol. The van der Waals surface area contributed by atoms with E-state index in [9.17, 15) is 36.2 Å². The van der Waals surface area contributed by atoms with E-state index in [1.165, 1.54) is 30.3 Å². The molecule has 3 aromatic rings. The van der Waals surface area contributed by atoms with E-state index in [0.717, 1.165) is 24.3 Å². The van der Waals surface area contributed by atoms with Gasteiger partial charge in [0.2, 0.25) is 5.91 Å². The molecule has 2 N–H and O–H groups in total. The van der Waals surface area contributed by atoms with Crippen LogP contribution in [0.15, 0.2) is 60.7 Å². The first-order chi connectivity index (χ1) is 16.4. The molecule has 2 heterocycles. The molecule has 0 aliphatic carbocycles. The smallest absolute Gasteiger partial charge is 0.423 e. The lowest BCUT2D eigenvalue weighted by atomic mass is 9.68. The van der Waals surface area contributed by atoms with Gasteiger partial charge in [-0.05, 0) is 40.4 Å². The Labute approximate surface area is 194 Å². The van der Waals surface area contributed by atoms with E-state index in [4.69, 9.17) is 4.65 Å². The van der Waals surface area contributed by atoms with Crippen LogP contribution in [0.5, 0.6) is 5.75 Å². The van der Waals surface area contributed by atoms with Crippen LogP contribution in [0.25, 0.3) is 0 Å². The maximum atomic E-state index is 13.7. The maximum absolute atomic E-state index is 13.7. The van der Waals surface area contributed by atoms with Crippen LogP contribution in [0.3, 0.4) is 0 Å². The Morgan fingerprint density at radius 3 is 2.31 bits per heavy atom. The topological polar surface area (TPSA) is 67.8 Å². The second-order valence-corrected chi connectivity index (χ2v) is 8.08. The minimum Gasteiger partial charge on any atom is -0.423 e. The molecule has 0 radical (unpaired) electrons. The van der Waals surface area contributed by atoms with Crippen molar-refractivity contribution in [1.29, 1.82) is 0 Å². The Balaban J connectivity index is 1.75. The number of fused-ring (bicyclic) bond motifs is 2. The van der Waals surface area contributed by atoms with E-state index in [-0.39, 0.29) is 23.3 Å². The summed E-state index contributed by atoms with van der Waals surface area (Å²) in [5.74, 6) is -1.36. The maximum Gasteiger partial charge on any atom is 0.573 e. The predicted molar refractivity (Wildman–Crippen MR) is 112 cm³/mol. The number of ether oxygens (including phenoxy) is 1. The minimum absolute atomic E-state index is 0.00977. The van der Waals surface area contributed by atoms with Gasteiger partial charge in [0.1, 0.15) is 11.2 Å². The number of amides is 1. The number of halogens is 6. The van der Waals surface area contributed by atoms with Gasteiger partial charge in [-0.15, -0.1) is 13.2 Å².